The average Bonchev–Trinajstić information content (AvgIpc) is 2.65. The minimum absolute atomic E-state index is 0.0745. The van der Waals surface area contributed by atoms with Crippen molar-refractivity contribution < 1.29 is 9.59 Å². The fourth-order valence-electron chi connectivity index (χ4n) is 3.05. The lowest BCUT2D eigenvalue weighted by molar-refractivity contribution is -0.117. The third kappa shape index (κ3) is 6.70. The van der Waals surface area contributed by atoms with E-state index in [-0.39, 0.29) is 11.8 Å². The van der Waals surface area contributed by atoms with Crippen LogP contribution in [0.25, 0.3) is 0 Å². The molecule has 0 aromatic heterocycles. The average molecular weight is 383 g/mol. The van der Waals surface area contributed by atoms with E-state index in [1.54, 1.807) is 24.3 Å². The first kappa shape index (κ1) is 21.4. The highest BCUT2D eigenvalue weighted by molar-refractivity contribution is 5.93. The van der Waals surface area contributed by atoms with Crippen molar-refractivity contribution in [2.45, 2.75) is 27.3 Å². The van der Waals surface area contributed by atoms with Crippen molar-refractivity contribution in [2.24, 2.45) is 0 Å². The first-order chi connectivity index (χ1) is 13.4. The number of hydrogen-bond donors (Lipinski definition) is 2. The van der Waals surface area contributed by atoms with Crippen molar-refractivity contribution in [1.29, 1.82) is 0 Å². The molecule has 6 nitrogen and oxygen atoms in total. The van der Waals surface area contributed by atoms with Crippen LogP contribution in [0.15, 0.2) is 48.5 Å². The highest BCUT2D eigenvalue weighted by Crippen LogP contribution is 2.16. The first-order valence-electron chi connectivity index (χ1n) is 9.61. The van der Waals surface area contributed by atoms with Crippen LogP contribution < -0.4 is 15.5 Å². The van der Waals surface area contributed by atoms with Crippen molar-refractivity contribution in [3.63, 3.8) is 0 Å². The molecule has 2 aromatic carbocycles. The molecule has 28 heavy (non-hydrogen) atoms. The fraction of sp³-hybridized carbons (Fsp3) is 0.364. The van der Waals surface area contributed by atoms with Gasteiger partial charge in [-0.1, -0.05) is 12.1 Å². The molecule has 0 aliphatic rings. The lowest BCUT2D eigenvalue weighted by atomic mass is 10.2. The molecule has 0 saturated heterocycles. The van der Waals surface area contributed by atoms with Crippen LogP contribution in [0, 0.1) is 0 Å². The molecule has 150 valence electrons. The van der Waals surface area contributed by atoms with Gasteiger partial charge in [-0.3, -0.25) is 14.5 Å². The number of likely N-dealkylation sites (N-methyl/N-ethyl adjacent to an activating group) is 1. The summed E-state index contributed by atoms with van der Waals surface area (Å²) >= 11 is 0. The van der Waals surface area contributed by atoms with E-state index >= 15 is 0 Å². The summed E-state index contributed by atoms with van der Waals surface area (Å²) in [6.07, 6.45) is 0. The van der Waals surface area contributed by atoms with Gasteiger partial charge in [0.1, 0.15) is 0 Å². The van der Waals surface area contributed by atoms with Gasteiger partial charge in [-0.15, -0.1) is 0 Å². The van der Waals surface area contributed by atoms with Crippen LogP contribution in [0.1, 0.15) is 26.3 Å². The predicted octanol–water partition coefficient (Wildman–Crippen LogP) is 3.56. The summed E-state index contributed by atoms with van der Waals surface area (Å²) in [5.74, 6) is -0.196. The van der Waals surface area contributed by atoms with E-state index < -0.39 is 0 Å². The molecule has 0 radical (unpaired) electrons. The lowest BCUT2D eigenvalue weighted by Crippen LogP contribution is -2.29. The van der Waals surface area contributed by atoms with Gasteiger partial charge in [0.2, 0.25) is 11.8 Å². The van der Waals surface area contributed by atoms with Crippen LogP contribution in [0.5, 0.6) is 0 Å². The van der Waals surface area contributed by atoms with Crippen molar-refractivity contribution in [2.75, 3.05) is 42.2 Å². The summed E-state index contributed by atoms with van der Waals surface area (Å²) in [5.41, 5.74) is 3.80. The SMILES string of the molecule is CCN(CC)c1ccc(CN(C)CC(=O)Nc2ccc(NC(C)=O)cc2)cc1. The number of hydrogen-bond acceptors (Lipinski definition) is 4. The molecule has 2 aromatic rings. The molecular formula is C22H30N4O2. The van der Waals surface area contributed by atoms with Gasteiger partial charge in [-0.25, -0.2) is 0 Å². The van der Waals surface area contributed by atoms with Crippen molar-refractivity contribution in [3.8, 4) is 0 Å². The second-order valence-corrected chi connectivity index (χ2v) is 6.82. The van der Waals surface area contributed by atoms with Crippen LogP contribution in [-0.4, -0.2) is 43.4 Å². The fourth-order valence-corrected chi connectivity index (χ4v) is 3.05. The number of rotatable bonds is 9. The molecule has 0 fully saturated rings. The van der Waals surface area contributed by atoms with Gasteiger partial charge in [-0.2, -0.15) is 0 Å². The smallest absolute Gasteiger partial charge is 0.238 e. The largest absolute Gasteiger partial charge is 0.372 e. The van der Waals surface area contributed by atoms with Crippen LogP contribution in [0.3, 0.4) is 0 Å². The second-order valence-electron chi connectivity index (χ2n) is 6.82. The third-order valence-electron chi connectivity index (χ3n) is 4.42. The Morgan fingerprint density at radius 2 is 1.39 bits per heavy atom. The second kappa shape index (κ2) is 10.5. The van der Waals surface area contributed by atoms with Crippen LogP contribution in [-0.2, 0) is 16.1 Å². The molecule has 2 N–H and O–H groups in total. The monoisotopic (exact) mass is 382 g/mol. The van der Waals surface area contributed by atoms with E-state index in [0.29, 0.717) is 24.5 Å². The molecule has 6 heteroatoms. The number of amides is 2. The summed E-state index contributed by atoms with van der Waals surface area (Å²) in [6.45, 7) is 8.74. The Morgan fingerprint density at radius 1 is 0.857 bits per heavy atom. The van der Waals surface area contributed by atoms with E-state index in [0.717, 1.165) is 13.1 Å². The molecule has 0 bridgehead atoms. The Kier molecular flexibility index (Phi) is 8.02. The van der Waals surface area contributed by atoms with Gasteiger partial charge in [0, 0.05) is 43.6 Å². The number of carbonyl (C=O) groups is 2. The molecular weight excluding hydrogens is 352 g/mol. The molecule has 0 aliphatic heterocycles. The zero-order valence-corrected chi connectivity index (χ0v) is 17.2. The van der Waals surface area contributed by atoms with Gasteiger partial charge in [-0.05, 0) is 62.9 Å². The molecule has 2 rings (SSSR count). The Balaban J connectivity index is 1.84. The van der Waals surface area contributed by atoms with Crippen LogP contribution in [0.2, 0.25) is 0 Å². The number of anilines is 3. The van der Waals surface area contributed by atoms with Gasteiger partial charge in [0.15, 0.2) is 0 Å². The van der Waals surface area contributed by atoms with Crippen LogP contribution >= 0.6 is 0 Å². The normalized spacial score (nSPS) is 10.6. The minimum atomic E-state index is -0.122. The molecule has 0 atom stereocenters. The number of nitrogens with one attached hydrogen (secondary N) is 2. The van der Waals surface area contributed by atoms with E-state index in [9.17, 15) is 9.59 Å². The maximum atomic E-state index is 12.3. The summed E-state index contributed by atoms with van der Waals surface area (Å²) < 4.78 is 0. The third-order valence-corrected chi connectivity index (χ3v) is 4.42. The van der Waals surface area contributed by atoms with Gasteiger partial charge < -0.3 is 15.5 Å². The number of nitrogens with zero attached hydrogens (tertiary/aromatic N) is 2. The van der Waals surface area contributed by atoms with E-state index in [2.05, 4.69) is 53.6 Å². The molecule has 2 amide bonds. The molecule has 0 heterocycles. The number of carbonyl (C=O) groups excluding carboxylic acids is 2. The van der Waals surface area contributed by atoms with Crippen LogP contribution in [0.4, 0.5) is 17.1 Å². The zero-order chi connectivity index (χ0) is 20.5. The first-order valence-corrected chi connectivity index (χ1v) is 9.61. The quantitative estimate of drug-likeness (QED) is 0.696. The number of benzene rings is 2. The summed E-state index contributed by atoms with van der Waals surface area (Å²) in [5, 5.41) is 5.58. The van der Waals surface area contributed by atoms with E-state index in [4.69, 9.17) is 0 Å². The topological polar surface area (TPSA) is 64.7 Å². The lowest BCUT2D eigenvalue weighted by Gasteiger charge is -2.22. The molecule has 0 saturated carbocycles. The van der Waals surface area contributed by atoms with Gasteiger partial charge in [0.25, 0.3) is 0 Å². The Labute approximate surface area is 167 Å². The highest BCUT2D eigenvalue weighted by atomic mass is 16.2. The predicted molar refractivity (Wildman–Crippen MR) is 116 cm³/mol. The highest BCUT2D eigenvalue weighted by Gasteiger charge is 2.09. The van der Waals surface area contributed by atoms with Crippen molar-refractivity contribution in [3.05, 3.63) is 54.1 Å². The van der Waals surface area contributed by atoms with Crippen molar-refractivity contribution >= 4 is 28.9 Å². The van der Waals surface area contributed by atoms with Crippen molar-refractivity contribution in [1.82, 2.24) is 4.90 Å². The van der Waals surface area contributed by atoms with Gasteiger partial charge in [0.05, 0.1) is 6.54 Å². The van der Waals surface area contributed by atoms with Gasteiger partial charge >= 0.3 is 0 Å². The van der Waals surface area contributed by atoms with E-state index in [1.807, 2.05) is 11.9 Å². The summed E-state index contributed by atoms with van der Waals surface area (Å²) in [6, 6.07) is 15.6. The maximum absolute atomic E-state index is 12.3. The maximum Gasteiger partial charge on any atom is 0.238 e. The molecule has 0 aliphatic carbocycles. The standard InChI is InChI=1S/C22H30N4O2/c1-5-26(6-2)21-13-7-18(8-14-21)15-25(4)16-22(28)24-20-11-9-19(10-12-20)23-17(3)27/h7-14H,5-6,15-16H2,1-4H3,(H,23,27)(H,24,28). The minimum Gasteiger partial charge on any atom is -0.372 e. The Bertz CT molecular complexity index is 768. The Hall–Kier alpha value is -2.86. The summed E-state index contributed by atoms with van der Waals surface area (Å²) in [4.78, 5) is 27.6. The van der Waals surface area contributed by atoms with E-state index in [1.165, 1.54) is 18.2 Å². The summed E-state index contributed by atoms with van der Waals surface area (Å²) in [7, 11) is 1.93. The molecule has 0 unspecified atom stereocenters. The molecule has 0 spiro atoms. The Morgan fingerprint density at radius 3 is 1.89 bits per heavy atom. The zero-order valence-electron chi connectivity index (χ0n) is 17.2.